The Morgan fingerprint density at radius 2 is 1.95 bits per heavy atom. The summed E-state index contributed by atoms with van der Waals surface area (Å²) in [5.41, 5.74) is 0. The van der Waals surface area contributed by atoms with Gasteiger partial charge in [-0.3, -0.25) is 4.90 Å². The number of furan rings is 1. The van der Waals surface area contributed by atoms with Gasteiger partial charge < -0.3 is 4.42 Å². The molecule has 1 saturated heterocycles. The number of hydrogen-bond acceptors (Lipinski definition) is 4. The predicted octanol–water partition coefficient (Wildman–Crippen LogP) is 2.49. The third-order valence-corrected chi connectivity index (χ3v) is 6.73. The van der Waals surface area contributed by atoms with Crippen molar-refractivity contribution in [3.63, 3.8) is 0 Å². The molecule has 1 aromatic rings. The van der Waals surface area contributed by atoms with E-state index in [2.05, 4.69) is 20.8 Å². The first-order chi connectivity index (χ1) is 9.27. The smallest absolute Gasteiger partial charge is 0.247 e. The molecule has 0 aliphatic carbocycles. The monoisotopic (exact) mass is 384 g/mol. The van der Waals surface area contributed by atoms with Crippen LogP contribution in [0.4, 0.5) is 0 Å². The first-order valence-corrected chi connectivity index (χ1v) is 9.10. The topological polar surface area (TPSA) is 53.8 Å². The van der Waals surface area contributed by atoms with Gasteiger partial charge in [0.25, 0.3) is 0 Å². The maximum Gasteiger partial charge on any atom is 0.247 e. The molecule has 1 aliphatic rings. The van der Waals surface area contributed by atoms with Crippen LogP contribution in [0.1, 0.15) is 19.6 Å². The zero-order valence-electron chi connectivity index (χ0n) is 11.6. The second-order valence-corrected chi connectivity index (χ2v) is 8.06. The largest absolute Gasteiger partial charge is 0.452 e. The summed E-state index contributed by atoms with van der Waals surface area (Å²) >= 11 is 8.84. The summed E-state index contributed by atoms with van der Waals surface area (Å²) in [7, 11) is -1.55. The number of hydrogen-bond donors (Lipinski definition) is 0. The summed E-state index contributed by atoms with van der Waals surface area (Å²) < 4.78 is 32.4. The van der Waals surface area contributed by atoms with Crippen LogP contribution in [-0.2, 0) is 15.9 Å². The number of halogens is 2. The molecule has 5 nitrogen and oxygen atoms in total. The predicted molar refractivity (Wildman–Crippen MR) is 81.4 cm³/mol. The number of rotatable bonds is 3. The van der Waals surface area contributed by atoms with Crippen molar-refractivity contribution in [2.75, 3.05) is 20.1 Å². The summed E-state index contributed by atoms with van der Waals surface area (Å²) in [5.74, 6) is 0.580. The summed E-state index contributed by atoms with van der Waals surface area (Å²) in [6.45, 7) is 4.98. The normalized spacial score (nSPS) is 26.1. The molecule has 2 unspecified atom stereocenters. The second kappa shape index (κ2) is 5.96. The molecule has 2 rings (SSSR count). The molecular formula is C12H18BrClN2O3S. The zero-order valence-corrected chi connectivity index (χ0v) is 14.8. The van der Waals surface area contributed by atoms with Crippen LogP contribution >= 0.6 is 27.5 Å². The van der Waals surface area contributed by atoms with Crippen molar-refractivity contribution in [1.29, 1.82) is 0 Å². The third kappa shape index (κ3) is 2.92. The molecular weight excluding hydrogens is 368 g/mol. The van der Waals surface area contributed by atoms with Crippen molar-refractivity contribution in [3.05, 3.63) is 16.5 Å². The van der Waals surface area contributed by atoms with Gasteiger partial charge in [-0.1, -0.05) is 0 Å². The van der Waals surface area contributed by atoms with Gasteiger partial charge in [0.1, 0.15) is 10.7 Å². The first-order valence-electron chi connectivity index (χ1n) is 6.33. The van der Waals surface area contributed by atoms with Gasteiger partial charge in [0.2, 0.25) is 10.0 Å². The van der Waals surface area contributed by atoms with Crippen LogP contribution in [0.25, 0.3) is 0 Å². The summed E-state index contributed by atoms with van der Waals surface area (Å²) in [6.07, 6.45) is 0. The van der Waals surface area contributed by atoms with E-state index in [0.29, 0.717) is 18.8 Å². The van der Waals surface area contributed by atoms with Crippen LogP contribution in [-0.4, -0.2) is 49.8 Å². The molecule has 0 spiro atoms. The molecule has 20 heavy (non-hydrogen) atoms. The molecule has 0 saturated carbocycles. The van der Waals surface area contributed by atoms with E-state index in [1.807, 2.05) is 20.9 Å². The fourth-order valence-electron chi connectivity index (χ4n) is 2.33. The molecule has 8 heteroatoms. The zero-order chi connectivity index (χ0) is 15.1. The minimum absolute atomic E-state index is 0.143. The Labute approximate surface area is 133 Å². The fraction of sp³-hybridized carbons (Fsp3) is 0.667. The van der Waals surface area contributed by atoms with Crippen molar-refractivity contribution in [1.82, 2.24) is 9.21 Å². The minimum atomic E-state index is -3.56. The maximum absolute atomic E-state index is 12.7. The van der Waals surface area contributed by atoms with Crippen LogP contribution in [0, 0.1) is 0 Å². The summed E-state index contributed by atoms with van der Waals surface area (Å²) in [5, 5.41) is 0. The van der Waals surface area contributed by atoms with E-state index in [1.165, 1.54) is 10.4 Å². The van der Waals surface area contributed by atoms with Crippen LogP contribution in [0.15, 0.2) is 20.0 Å². The molecule has 0 amide bonds. The molecule has 0 bridgehead atoms. The Kier molecular flexibility index (Phi) is 4.86. The lowest BCUT2D eigenvalue weighted by Crippen LogP contribution is -2.56. The fourth-order valence-corrected chi connectivity index (χ4v) is 5.03. The minimum Gasteiger partial charge on any atom is -0.452 e. The molecule has 0 N–H and O–H groups in total. The third-order valence-electron chi connectivity index (χ3n) is 3.78. The molecule has 1 fully saturated rings. The van der Waals surface area contributed by atoms with Crippen molar-refractivity contribution < 1.29 is 12.8 Å². The Morgan fingerprint density at radius 1 is 1.40 bits per heavy atom. The highest BCUT2D eigenvalue weighted by atomic mass is 79.9. The van der Waals surface area contributed by atoms with Crippen molar-refractivity contribution in [2.24, 2.45) is 0 Å². The van der Waals surface area contributed by atoms with Gasteiger partial charge in [-0.15, -0.1) is 11.6 Å². The van der Waals surface area contributed by atoms with E-state index >= 15 is 0 Å². The summed E-state index contributed by atoms with van der Waals surface area (Å²) in [6, 6.07) is 1.83. The molecule has 2 heterocycles. The van der Waals surface area contributed by atoms with E-state index < -0.39 is 10.0 Å². The molecule has 114 valence electrons. The van der Waals surface area contributed by atoms with Crippen LogP contribution in [0.2, 0.25) is 0 Å². The van der Waals surface area contributed by atoms with E-state index in [1.54, 1.807) is 0 Å². The Morgan fingerprint density at radius 3 is 2.40 bits per heavy atom. The average Bonchev–Trinajstić information content (AvgIpc) is 2.77. The van der Waals surface area contributed by atoms with E-state index in [0.717, 1.165) is 0 Å². The number of nitrogens with zero attached hydrogens (tertiary/aromatic N) is 2. The maximum atomic E-state index is 12.7. The SMILES string of the molecule is CC1CN(S(=O)(=O)c2cc(CCl)oc2Br)CC(C)N1C. The number of piperazine rings is 1. The molecule has 0 radical (unpaired) electrons. The summed E-state index contributed by atoms with van der Waals surface area (Å²) in [4.78, 5) is 2.33. The number of alkyl halides is 1. The molecule has 0 aromatic carbocycles. The van der Waals surface area contributed by atoms with Crippen molar-refractivity contribution >= 4 is 37.6 Å². The van der Waals surface area contributed by atoms with Crippen LogP contribution < -0.4 is 0 Å². The molecule has 1 aromatic heterocycles. The van der Waals surface area contributed by atoms with Crippen molar-refractivity contribution in [3.8, 4) is 0 Å². The molecule has 1 aliphatic heterocycles. The Bertz CT molecular complexity index is 578. The highest BCUT2D eigenvalue weighted by molar-refractivity contribution is 9.10. The Balaban J connectivity index is 2.33. The van der Waals surface area contributed by atoms with E-state index in [4.69, 9.17) is 16.0 Å². The van der Waals surface area contributed by atoms with Crippen molar-refractivity contribution in [2.45, 2.75) is 36.7 Å². The number of sulfonamides is 1. The van der Waals surface area contributed by atoms with Gasteiger partial charge in [0.15, 0.2) is 4.67 Å². The standard InChI is InChI=1S/C12H18BrClN2O3S/c1-8-6-16(7-9(2)15(8)3)20(17,18)11-4-10(5-14)19-12(11)13/h4,8-9H,5-7H2,1-3H3. The van der Waals surface area contributed by atoms with Crippen LogP contribution in [0.3, 0.4) is 0 Å². The lowest BCUT2D eigenvalue weighted by molar-refractivity contribution is 0.105. The van der Waals surface area contributed by atoms with Gasteiger partial charge in [-0.25, -0.2) is 8.42 Å². The Hall–Kier alpha value is -0.0800. The second-order valence-electron chi connectivity index (χ2n) is 5.17. The van der Waals surface area contributed by atoms with Gasteiger partial charge in [-0.05, 0) is 36.8 Å². The van der Waals surface area contributed by atoms with E-state index in [9.17, 15) is 8.42 Å². The lowest BCUT2D eigenvalue weighted by Gasteiger charge is -2.41. The quantitative estimate of drug-likeness (QED) is 0.750. The van der Waals surface area contributed by atoms with E-state index in [-0.39, 0.29) is 27.5 Å². The highest BCUT2D eigenvalue weighted by Crippen LogP contribution is 2.31. The van der Waals surface area contributed by atoms with Gasteiger partial charge in [0, 0.05) is 31.2 Å². The first kappa shape index (κ1) is 16.3. The van der Waals surface area contributed by atoms with Crippen LogP contribution in [0.5, 0.6) is 0 Å². The lowest BCUT2D eigenvalue weighted by atomic mass is 10.1. The average molecular weight is 386 g/mol. The van der Waals surface area contributed by atoms with Gasteiger partial charge in [0.05, 0.1) is 5.88 Å². The van der Waals surface area contributed by atoms with Gasteiger partial charge in [-0.2, -0.15) is 4.31 Å². The van der Waals surface area contributed by atoms with Gasteiger partial charge >= 0.3 is 0 Å². The highest BCUT2D eigenvalue weighted by Gasteiger charge is 2.36. The molecule has 2 atom stereocenters. The number of likely N-dealkylation sites (N-methyl/N-ethyl adjacent to an activating group) is 1.